The van der Waals surface area contributed by atoms with Crippen molar-refractivity contribution in [1.82, 2.24) is 10.2 Å². The number of hydrogen-bond donors (Lipinski definition) is 1. The van der Waals surface area contributed by atoms with E-state index in [1.165, 1.54) is 30.4 Å². The fraction of sp³-hybridized carbons (Fsp3) is 0.381. The highest BCUT2D eigenvalue weighted by atomic mass is 16.1. The Morgan fingerprint density at radius 3 is 2.38 bits per heavy atom. The zero-order valence-corrected chi connectivity index (χ0v) is 14.4. The summed E-state index contributed by atoms with van der Waals surface area (Å²) in [5.41, 5.74) is 3.43. The third kappa shape index (κ3) is 4.68. The van der Waals surface area contributed by atoms with Crippen molar-refractivity contribution >= 4 is 5.91 Å². The number of nitrogens with one attached hydrogen (secondary N) is 1. The van der Waals surface area contributed by atoms with Crippen molar-refractivity contribution in [2.75, 3.05) is 13.6 Å². The highest BCUT2D eigenvalue weighted by Crippen LogP contribution is 2.28. The first kappa shape index (κ1) is 16.7. The van der Waals surface area contributed by atoms with Crippen molar-refractivity contribution in [3.63, 3.8) is 0 Å². The Kier molecular flexibility index (Phi) is 5.65. The van der Waals surface area contributed by atoms with E-state index in [1.807, 2.05) is 12.1 Å². The van der Waals surface area contributed by atoms with Gasteiger partial charge in [-0.25, -0.2) is 0 Å². The van der Waals surface area contributed by atoms with Crippen LogP contribution in [0.3, 0.4) is 0 Å². The first-order valence-electron chi connectivity index (χ1n) is 8.85. The molecule has 126 valence electrons. The Morgan fingerprint density at radius 1 is 1.04 bits per heavy atom. The minimum Gasteiger partial charge on any atom is -0.355 e. The molecule has 0 radical (unpaired) electrons. The van der Waals surface area contributed by atoms with Gasteiger partial charge in [0.25, 0.3) is 5.91 Å². The van der Waals surface area contributed by atoms with Crippen LogP contribution in [0.1, 0.15) is 40.7 Å². The van der Waals surface area contributed by atoms with E-state index in [4.69, 9.17) is 0 Å². The Labute approximate surface area is 144 Å². The number of carbonyl (C=O) groups is 1. The second kappa shape index (κ2) is 8.11. The molecule has 3 heteroatoms. The van der Waals surface area contributed by atoms with Crippen LogP contribution >= 0.6 is 0 Å². The lowest BCUT2D eigenvalue weighted by Gasteiger charge is -2.22. The van der Waals surface area contributed by atoms with Gasteiger partial charge in [0.1, 0.15) is 0 Å². The van der Waals surface area contributed by atoms with E-state index in [-0.39, 0.29) is 5.91 Å². The summed E-state index contributed by atoms with van der Waals surface area (Å²) in [4.78, 5) is 14.2. The van der Waals surface area contributed by atoms with Gasteiger partial charge in [0.05, 0.1) is 0 Å². The van der Waals surface area contributed by atoms with Gasteiger partial charge in [0.2, 0.25) is 0 Å². The number of aryl methyl sites for hydroxylation is 1. The number of hydrogen-bond acceptors (Lipinski definition) is 2. The summed E-state index contributed by atoms with van der Waals surface area (Å²) in [7, 11) is 1.66. The lowest BCUT2D eigenvalue weighted by molar-refractivity contribution is 0.0963. The third-order valence-electron chi connectivity index (χ3n) is 4.65. The highest BCUT2D eigenvalue weighted by molar-refractivity contribution is 5.93. The van der Waals surface area contributed by atoms with Gasteiger partial charge < -0.3 is 5.32 Å². The number of rotatable bonds is 8. The van der Waals surface area contributed by atoms with Crippen LogP contribution in [0, 0.1) is 0 Å². The quantitative estimate of drug-likeness (QED) is 0.805. The van der Waals surface area contributed by atoms with Crippen LogP contribution in [0.2, 0.25) is 0 Å². The maximum atomic E-state index is 11.6. The van der Waals surface area contributed by atoms with Gasteiger partial charge in [-0.3, -0.25) is 9.69 Å². The van der Waals surface area contributed by atoms with Crippen LogP contribution in [-0.2, 0) is 13.0 Å². The van der Waals surface area contributed by atoms with Gasteiger partial charge in [-0.05, 0) is 55.5 Å². The van der Waals surface area contributed by atoms with Gasteiger partial charge >= 0.3 is 0 Å². The molecule has 1 aliphatic rings. The van der Waals surface area contributed by atoms with Gasteiger partial charge in [0, 0.05) is 25.2 Å². The Morgan fingerprint density at radius 2 is 1.75 bits per heavy atom. The fourth-order valence-corrected chi connectivity index (χ4v) is 3.10. The van der Waals surface area contributed by atoms with E-state index in [9.17, 15) is 4.79 Å². The average Bonchev–Trinajstić information content (AvgIpc) is 3.47. The van der Waals surface area contributed by atoms with Crippen molar-refractivity contribution in [3.8, 4) is 0 Å². The molecule has 3 rings (SSSR count). The zero-order chi connectivity index (χ0) is 16.8. The Bertz CT molecular complexity index is 647. The largest absolute Gasteiger partial charge is 0.355 e. The number of nitrogens with zero attached hydrogens (tertiary/aromatic N) is 1. The van der Waals surface area contributed by atoms with Gasteiger partial charge in [-0.2, -0.15) is 0 Å². The summed E-state index contributed by atoms with van der Waals surface area (Å²) >= 11 is 0. The summed E-state index contributed by atoms with van der Waals surface area (Å²) in [6, 6.07) is 19.5. The molecule has 0 atom stereocenters. The van der Waals surface area contributed by atoms with Crippen molar-refractivity contribution < 1.29 is 4.79 Å². The number of benzene rings is 2. The third-order valence-corrected chi connectivity index (χ3v) is 4.65. The van der Waals surface area contributed by atoms with Gasteiger partial charge in [-0.1, -0.05) is 42.5 Å². The van der Waals surface area contributed by atoms with Gasteiger partial charge in [-0.15, -0.1) is 0 Å². The van der Waals surface area contributed by atoms with Crippen molar-refractivity contribution in [1.29, 1.82) is 0 Å². The van der Waals surface area contributed by atoms with E-state index in [2.05, 4.69) is 52.7 Å². The summed E-state index contributed by atoms with van der Waals surface area (Å²) in [6.45, 7) is 2.12. The standard InChI is InChI=1S/C21H26N2O/c1-22-21(24)19-11-9-18(10-12-19)16-23(20-13-14-20)15-5-8-17-6-3-2-4-7-17/h2-4,6-7,9-12,20H,5,8,13-16H2,1H3,(H,22,24). The highest BCUT2D eigenvalue weighted by Gasteiger charge is 2.28. The van der Waals surface area contributed by atoms with Crippen molar-refractivity contribution in [3.05, 3.63) is 71.3 Å². The smallest absolute Gasteiger partial charge is 0.251 e. The molecule has 0 unspecified atom stereocenters. The summed E-state index contributed by atoms with van der Waals surface area (Å²) in [6.07, 6.45) is 4.97. The van der Waals surface area contributed by atoms with E-state index in [0.717, 1.165) is 31.1 Å². The second-order valence-electron chi connectivity index (χ2n) is 6.57. The summed E-state index contributed by atoms with van der Waals surface area (Å²) in [5, 5.41) is 2.66. The molecule has 1 N–H and O–H groups in total. The van der Waals surface area contributed by atoms with E-state index >= 15 is 0 Å². The van der Waals surface area contributed by atoms with E-state index < -0.39 is 0 Å². The van der Waals surface area contributed by atoms with Crippen LogP contribution < -0.4 is 5.32 Å². The van der Waals surface area contributed by atoms with E-state index in [1.54, 1.807) is 7.05 Å². The minimum absolute atomic E-state index is 0.0246. The molecule has 1 saturated carbocycles. The topological polar surface area (TPSA) is 32.3 Å². The molecular weight excluding hydrogens is 296 g/mol. The van der Waals surface area contributed by atoms with Crippen LogP contribution in [0.5, 0.6) is 0 Å². The molecule has 2 aromatic carbocycles. The minimum atomic E-state index is -0.0246. The molecule has 0 heterocycles. The monoisotopic (exact) mass is 322 g/mol. The average molecular weight is 322 g/mol. The molecule has 24 heavy (non-hydrogen) atoms. The Hall–Kier alpha value is -2.13. The molecule has 2 aromatic rings. The number of amides is 1. The maximum Gasteiger partial charge on any atom is 0.251 e. The molecule has 3 nitrogen and oxygen atoms in total. The summed E-state index contributed by atoms with van der Waals surface area (Å²) in [5.74, 6) is -0.0246. The first-order chi connectivity index (χ1) is 11.8. The summed E-state index contributed by atoms with van der Waals surface area (Å²) < 4.78 is 0. The molecule has 0 saturated heterocycles. The SMILES string of the molecule is CNC(=O)c1ccc(CN(CCCc2ccccc2)C2CC2)cc1. The molecule has 0 aromatic heterocycles. The van der Waals surface area contributed by atoms with Crippen LogP contribution in [0.4, 0.5) is 0 Å². The molecule has 0 bridgehead atoms. The molecule has 0 aliphatic heterocycles. The van der Waals surface area contributed by atoms with Crippen LogP contribution in [0.15, 0.2) is 54.6 Å². The maximum absolute atomic E-state index is 11.6. The molecule has 1 amide bonds. The van der Waals surface area contributed by atoms with Crippen LogP contribution in [-0.4, -0.2) is 30.4 Å². The molecule has 1 aliphatic carbocycles. The van der Waals surface area contributed by atoms with E-state index in [0.29, 0.717) is 0 Å². The van der Waals surface area contributed by atoms with Crippen molar-refractivity contribution in [2.24, 2.45) is 0 Å². The first-order valence-corrected chi connectivity index (χ1v) is 8.85. The zero-order valence-electron chi connectivity index (χ0n) is 14.4. The lowest BCUT2D eigenvalue weighted by atomic mass is 10.1. The number of carbonyl (C=O) groups excluding carboxylic acids is 1. The second-order valence-corrected chi connectivity index (χ2v) is 6.57. The predicted octanol–water partition coefficient (Wildman–Crippen LogP) is 3.64. The van der Waals surface area contributed by atoms with Crippen LogP contribution in [0.25, 0.3) is 0 Å². The van der Waals surface area contributed by atoms with Crippen molar-refractivity contribution in [2.45, 2.75) is 38.3 Å². The molecule has 0 spiro atoms. The normalized spacial score (nSPS) is 13.9. The lowest BCUT2D eigenvalue weighted by Crippen LogP contribution is -2.27. The predicted molar refractivity (Wildman–Crippen MR) is 98.0 cm³/mol. The Balaban J connectivity index is 1.53. The fourth-order valence-electron chi connectivity index (χ4n) is 3.10. The molecule has 1 fully saturated rings. The van der Waals surface area contributed by atoms with Gasteiger partial charge in [0.15, 0.2) is 0 Å². The molecular formula is C21H26N2O.